The van der Waals surface area contributed by atoms with Crippen molar-refractivity contribution in [3.8, 4) is 0 Å². The molecule has 0 aliphatic rings. The van der Waals surface area contributed by atoms with Gasteiger partial charge in [0, 0.05) is 11.8 Å². The van der Waals surface area contributed by atoms with E-state index in [1.54, 1.807) is 0 Å². The lowest BCUT2D eigenvalue weighted by atomic mass is 9.89. The number of oxime groups is 1. The molecule has 0 aliphatic carbocycles. The fourth-order valence-electron chi connectivity index (χ4n) is 1.59. The quantitative estimate of drug-likeness (QED) is 0.412. The van der Waals surface area contributed by atoms with Crippen LogP contribution < -0.4 is 11.1 Å². The van der Waals surface area contributed by atoms with Crippen LogP contribution in [0.1, 0.15) is 41.0 Å². The summed E-state index contributed by atoms with van der Waals surface area (Å²) >= 11 is 0. The number of Topliss-reactive ketones (excluding diaryl/α,β-unsaturated/α-hetero) is 1. The number of ketones is 1. The number of rotatable bonds is 12. The van der Waals surface area contributed by atoms with Crippen LogP contribution in [0, 0.1) is 10.8 Å². The number of hydrogen-bond donors (Lipinski definition) is 2. The molecule has 0 aromatic heterocycles. The van der Waals surface area contributed by atoms with Crippen LogP contribution in [0.15, 0.2) is 5.16 Å². The van der Waals surface area contributed by atoms with Crippen LogP contribution in [-0.2, 0) is 19.2 Å². The third kappa shape index (κ3) is 12.7. The molecule has 0 radical (unpaired) electrons. The van der Waals surface area contributed by atoms with Crippen molar-refractivity contribution in [1.82, 2.24) is 5.32 Å². The highest BCUT2D eigenvalue weighted by molar-refractivity contribution is 5.79. The summed E-state index contributed by atoms with van der Waals surface area (Å²) < 4.78 is 5.70. The zero-order valence-electron chi connectivity index (χ0n) is 15.0. The van der Waals surface area contributed by atoms with E-state index in [9.17, 15) is 9.59 Å². The molecule has 0 fully saturated rings. The van der Waals surface area contributed by atoms with Gasteiger partial charge in [0.1, 0.15) is 0 Å². The van der Waals surface area contributed by atoms with Crippen molar-refractivity contribution < 1.29 is 19.2 Å². The van der Waals surface area contributed by atoms with E-state index in [2.05, 4.69) is 10.5 Å². The van der Waals surface area contributed by atoms with Crippen LogP contribution in [-0.4, -0.2) is 50.8 Å². The summed E-state index contributed by atoms with van der Waals surface area (Å²) in [6.45, 7) is 11.3. The van der Waals surface area contributed by atoms with Gasteiger partial charge in [-0.15, -0.1) is 0 Å². The van der Waals surface area contributed by atoms with E-state index >= 15 is 0 Å². The summed E-state index contributed by atoms with van der Waals surface area (Å²) in [6, 6.07) is 0. The van der Waals surface area contributed by atoms with Crippen LogP contribution >= 0.6 is 0 Å². The van der Waals surface area contributed by atoms with Gasteiger partial charge in [0.2, 0.25) is 5.91 Å². The van der Waals surface area contributed by atoms with Gasteiger partial charge in [-0.1, -0.05) is 32.9 Å². The second-order valence-electron chi connectivity index (χ2n) is 7.27. The summed E-state index contributed by atoms with van der Waals surface area (Å²) in [6.07, 6.45) is 1.76. The molecule has 0 spiro atoms. The predicted molar refractivity (Wildman–Crippen MR) is 90.2 cm³/mol. The van der Waals surface area contributed by atoms with E-state index in [4.69, 9.17) is 15.3 Å². The normalized spacial score (nSPS) is 12.4. The minimum atomic E-state index is -0.267. The lowest BCUT2D eigenvalue weighted by Gasteiger charge is -2.27. The maximum absolute atomic E-state index is 11.9. The van der Waals surface area contributed by atoms with E-state index in [-0.39, 0.29) is 35.7 Å². The first kappa shape index (κ1) is 21.5. The Balaban J connectivity index is 3.96. The Hall–Kier alpha value is -1.47. The Morgan fingerprint density at radius 2 is 1.78 bits per heavy atom. The number of amides is 1. The standard InChI is InChI=1S/C16H31N3O4/c1-13(20)9-23-19-7-6-18-14(21)8-15(2,3)11-22-12-16(4,5)10-17/h7H,6,8-12,17H2,1-5H3,(H,18,21)/b19-7+. The molecule has 1 amide bonds. The molecule has 0 aliphatic heterocycles. The molecule has 0 saturated heterocycles. The Morgan fingerprint density at radius 1 is 1.17 bits per heavy atom. The third-order valence-corrected chi connectivity index (χ3v) is 2.98. The van der Waals surface area contributed by atoms with Crippen molar-refractivity contribution in [2.45, 2.75) is 41.0 Å². The molecule has 7 nitrogen and oxygen atoms in total. The molecule has 0 rings (SSSR count). The van der Waals surface area contributed by atoms with Gasteiger partial charge < -0.3 is 20.6 Å². The summed E-state index contributed by atoms with van der Waals surface area (Å²) in [5.41, 5.74) is 5.33. The van der Waals surface area contributed by atoms with Crippen molar-refractivity contribution in [2.24, 2.45) is 21.7 Å². The van der Waals surface area contributed by atoms with E-state index in [1.165, 1.54) is 13.1 Å². The molecule has 0 unspecified atom stereocenters. The molecule has 7 heteroatoms. The minimum Gasteiger partial charge on any atom is -0.388 e. The Kier molecular flexibility index (Phi) is 9.67. The van der Waals surface area contributed by atoms with Crippen LogP contribution in [0.25, 0.3) is 0 Å². The lowest BCUT2D eigenvalue weighted by Crippen LogP contribution is -2.34. The first-order valence-corrected chi connectivity index (χ1v) is 7.76. The van der Waals surface area contributed by atoms with Crippen molar-refractivity contribution in [3.63, 3.8) is 0 Å². The summed E-state index contributed by atoms with van der Waals surface area (Å²) in [5.74, 6) is -0.194. The third-order valence-electron chi connectivity index (χ3n) is 2.98. The van der Waals surface area contributed by atoms with Crippen LogP contribution in [0.3, 0.4) is 0 Å². The summed E-state index contributed by atoms with van der Waals surface area (Å²) in [7, 11) is 0. The fourth-order valence-corrected chi connectivity index (χ4v) is 1.59. The molecule has 0 heterocycles. The van der Waals surface area contributed by atoms with Crippen LogP contribution in [0.2, 0.25) is 0 Å². The van der Waals surface area contributed by atoms with Crippen LogP contribution in [0.4, 0.5) is 0 Å². The Bertz CT molecular complexity index is 406. The highest BCUT2D eigenvalue weighted by Gasteiger charge is 2.24. The molecule has 0 atom stereocenters. The number of nitrogens with one attached hydrogen (secondary N) is 1. The van der Waals surface area contributed by atoms with Gasteiger partial charge in [0.15, 0.2) is 12.4 Å². The van der Waals surface area contributed by atoms with E-state index in [0.717, 1.165) is 0 Å². The molecule has 23 heavy (non-hydrogen) atoms. The average molecular weight is 329 g/mol. The van der Waals surface area contributed by atoms with Gasteiger partial charge in [0.25, 0.3) is 0 Å². The van der Waals surface area contributed by atoms with Gasteiger partial charge in [-0.05, 0) is 18.9 Å². The minimum absolute atomic E-state index is 0.0608. The zero-order chi connectivity index (χ0) is 17.9. The lowest BCUT2D eigenvalue weighted by molar-refractivity contribution is -0.124. The predicted octanol–water partition coefficient (Wildman–Crippen LogP) is 1.11. The van der Waals surface area contributed by atoms with E-state index < -0.39 is 0 Å². The zero-order valence-corrected chi connectivity index (χ0v) is 15.0. The van der Waals surface area contributed by atoms with Gasteiger partial charge in [-0.25, -0.2) is 0 Å². The number of ether oxygens (including phenoxy) is 1. The highest BCUT2D eigenvalue weighted by Crippen LogP contribution is 2.22. The summed E-state index contributed by atoms with van der Waals surface area (Å²) in [4.78, 5) is 27.2. The van der Waals surface area contributed by atoms with Gasteiger partial charge in [-0.2, -0.15) is 0 Å². The molecule has 3 N–H and O–H groups in total. The number of carbonyl (C=O) groups is 2. The SMILES string of the molecule is CC(=O)CO/N=C/CNC(=O)CC(C)(C)COCC(C)(C)CN. The first-order chi connectivity index (χ1) is 10.6. The second kappa shape index (κ2) is 10.3. The molecular weight excluding hydrogens is 298 g/mol. The largest absolute Gasteiger partial charge is 0.388 e. The molecule has 0 bridgehead atoms. The first-order valence-electron chi connectivity index (χ1n) is 7.76. The smallest absolute Gasteiger partial charge is 0.220 e. The Morgan fingerprint density at radius 3 is 2.35 bits per heavy atom. The van der Waals surface area contributed by atoms with Gasteiger partial charge in [-0.3, -0.25) is 9.59 Å². The topological polar surface area (TPSA) is 103 Å². The maximum Gasteiger partial charge on any atom is 0.220 e. The fraction of sp³-hybridized carbons (Fsp3) is 0.812. The molecule has 0 saturated carbocycles. The maximum atomic E-state index is 11.9. The van der Waals surface area contributed by atoms with E-state index in [1.807, 2.05) is 27.7 Å². The van der Waals surface area contributed by atoms with Crippen molar-refractivity contribution in [1.29, 1.82) is 0 Å². The van der Waals surface area contributed by atoms with Gasteiger partial charge >= 0.3 is 0 Å². The molecule has 0 aromatic rings. The second-order valence-corrected chi connectivity index (χ2v) is 7.27. The van der Waals surface area contributed by atoms with E-state index in [0.29, 0.717) is 26.2 Å². The average Bonchev–Trinajstić information content (AvgIpc) is 2.41. The van der Waals surface area contributed by atoms with Crippen molar-refractivity contribution >= 4 is 17.9 Å². The molecule has 134 valence electrons. The Labute approximate surface area is 139 Å². The summed E-state index contributed by atoms with van der Waals surface area (Å²) in [5, 5.41) is 6.28. The number of hydrogen-bond acceptors (Lipinski definition) is 6. The van der Waals surface area contributed by atoms with Crippen LogP contribution in [0.5, 0.6) is 0 Å². The monoisotopic (exact) mass is 329 g/mol. The van der Waals surface area contributed by atoms with Crippen molar-refractivity contribution in [3.05, 3.63) is 0 Å². The number of carbonyl (C=O) groups excluding carboxylic acids is 2. The number of nitrogens with zero attached hydrogens (tertiary/aromatic N) is 1. The number of nitrogens with two attached hydrogens (primary N) is 1. The van der Waals surface area contributed by atoms with Crippen molar-refractivity contribution in [2.75, 3.05) is 32.9 Å². The molecular formula is C16H31N3O4. The highest BCUT2D eigenvalue weighted by atomic mass is 16.6. The molecule has 0 aromatic carbocycles. The van der Waals surface area contributed by atoms with Gasteiger partial charge in [0.05, 0.1) is 26.0 Å².